The Kier molecular flexibility index (Phi) is 5.12. The minimum Gasteiger partial charge on any atom is -0.490 e. The van der Waals surface area contributed by atoms with E-state index < -0.39 is 5.76 Å². The van der Waals surface area contributed by atoms with E-state index in [4.69, 9.17) is 13.6 Å². The van der Waals surface area contributed by atoms with Gasteiger partial charge in [-0.05, 0) is 26.0 Å². The van der Waals surface area contributed by atoms with Crippen LogP contribution in [-0.2, 0) is 11.3 Å². The predicted molar refractivity (Wildman–Crippen MR) is 105 cm³/mol. The molecule has 3 aromatic heterocycles. The molecule has 0 saturated heterocycles. The zero-order valence-electron chi connectivity index (χ0n) is 15.7. The number of para-hydroxylation sites is 1. The highest BCUT2D eigenvalue weighted by molar-refractivity contribution is 7.13. The smallest absolute Gasteiger partial charge is 0.437 e. The zero-order chi connectivity index (χ0) is 20.4. The summed E-state index contributed by atoms with van der Waals surface area (Å²) in [6, 6.07) is 7.19. The van der Waals surface area contributed by atoms with Gasteiger partial charge < -0.3 is 13.6 Å². The lowest BCUT2D eigenvalue weighted by molar-refractivity contribution is -0.119. The highest BCUT2D eigenvalue weighted by Crippen LogP contribution is 2.32. The fraction of sp³-hybridized carbons (Fsp3) is 0.278. The van der Waals surface area contributed by atoms with E-state index in [1.165, 1.54) is 21.7 Å². The molecular formula is C18H17N5O5S. The number of nitrogens with zero attached hydrogens (tertiary/aromatic N) is 5. The van der Waals surface area contributed by atoms with Crippen LogP contribution in [0.2, 0.25) is 0 Å². The molecule has 0 radical (unpaired) electrons. The van der Waals surface area contributed by atoms with Gasteiger partial charge in [0.15, 0.2) is 17.1 Å². The lowest BCUT2D eigenvalue weighted by Gasteiger charge is -2.16. The summed E-state index contributed by atoms with van der Waals surface area (Å²) in [5.41, 5.74) is 2.06. The molecule has 0 aliphatic rings. The largest absolute Gasteiger partial charge is 0.490 e. The molecule has 0 spiro atoms. The second-order valence-electron chi connectivity index (χ2n) is 5.91. The number of benzene rings is 1. The number of hydrogen-bond donors (Lipinski definition) is 0. The number of carbonyl (C=O) groups is 1. The molecule has 10 nitrogen and oxygen atoms in total. The van der Waals surface area contributed by atoms with Gasteiger partial charge in [0.25, 0.3) is 11.8 Å². The van der Waals surface area contributed by atoms with Gasteiger partial charge in [0.1, 0.15) is 12.1 Å². The van der Waals surface area contributed by atoms with Crippen LogP contribution in [0.3, 0.4) is 0 Å². The van der Waals surface area contributed by atoms with Gasteiger partial charge in [-0.3, -0.25) is 9.69 Å². The lowest BCUT2D eigenvalue weighted by Crippen LogP contribution is -2.36. The highest BCUT2D eigenvalue weighted by atomic mass is 32.1. The number of ether oxygens (including phenoxy) is 1. The normalized spacial score (nSPS) is 11.1. The van der Waals surface area contributed by atoms with E-state index in [2.05, 4.69) is 15.3 Å². The third-order valence-corrected chi connectivity index (χ3v) is 4.82. The molecule has 0 aliphatic carbocycles. The van der Waals surface area contributed by atoms with E-state index in [9.17, 15) is 9.59 Å². The SMILES string of the molecule is CCOc1cccc2cc(-c3nn(CC(=O)N(CC)c4nncs4)c(=O)o3)oc12. The first-order chi connectivity index (χ1) is 14.1. The van der Waals surface area contributed by atoms with E-state index in [1.54, 1.807) is 19.1 Å². The maximum Gasteiger partial charge on any atom is 0.437 e. The first kappa shape index (κ1) is 18.9. The summed E-state index contributed by atoms with van der Waals surface area (Å²) in [6.45, 7) is 4.27. The highest BCUT2D eigenvalue weighted by Gasteiger charge is 2.22. The Balaban J connectivity index is 1.61. The Hall–Kier alpha value is -3.47. The minimum atomic E-state index is -0.757. The average molecular weight is 415 g/mol. The number of rotatable bonds is 7. The second kappa shape index (κ2) is 7.87. The van der Waals surface area contributed by atoms with Crippen LogP contribution in [-0.4, -0.2) is 39.0 Å². The number of amides is 1. The average Bonchev–Trinajstić information content (AvgIpc) is 3.44. The van der Waals surface area contributed by atoms with Gasteiger partial charge in [-0.1, -0.05) is 23.5 Å². The molecule has 4 rings (SSSR count). The molecule has 29 heavy (non-hydrogen) atoms. The van der Waals surface area contributed by atoms with Gasteiger partial charge in [0, 0.05) is 11.9 Å². The number of fused-ring (bicyclic) bond motifs is 1. The van der Waals surface area contributed by atoms with Crippen molar-refractivity contribution in [3.8, 4) is 17.4 Å². The number of aromatic nitrogens is 4. The predicted octanol–water partition coefficient (Wildman–Crippen LogP) is 2.55. The number of carbonyl (C=O) groups excluding carboxylic acids is 1. The van der Waals surface area contributed by atoms with E-state index in [0.29, 0.717) is 29.6 Å². The van der Waals surface area contributed by atoms with Gasteiger partial charge in [0.05, 0.1) is 6.61 Å². The first-order valence-corrected chi connectivity index (χ1v) is 9.78. The maximum atomic E-state index is 12.6. The molecule has 0 unspecified atom stereocenters. The first-order valence-electron chi connectivity index (χ1n) is 8.91. The molecular weight excluding hydrogens is 398 g/mol. The van der Waals surface area contributed by atoms with Crippen LogP contribution in [0.15, 0.2) is 43.4 Å². The molecule has 0 aliphatic heterocycles. The second-order valence-corrected chi connectivity index (χ2v) is 6.72. The van der Waals surface area contributed by atoms with Crippen molar-refractivity contribution in [2.24, 2.45) is 0 Å². The van der Waals surface area contributed by atoms with Crippen LogP contribution in [0.5, 0.6) is 5.75 Å². The fourth-order valence-corrected chi connectivity index (χ4v) is 3.47. The molecule has 0 fully saturated rings. The minimum absolute atomic E-state index is 0.0135. The van der Waals surface area contributed by atoms with E-state index in [1.807, 2.05) is 19.1 Å². The molecule has 0 saturated carbocycles. The van der Waals surface area contributed by atoms with Gasteiger partial charge in [-0.25, -0.2) is 4.79 Å². The van der Waals surface area contributed by atoms with Crippen molar-refractivity contribution in [3.05, 3.63) is 40.3 Å². The zero-order valence-corrected chi connectivity index (χ0v) is 16.5. The number of hydrogen-bond acceptors (Lipinski definition) is 9. The Morgan fingerprint density at radius 2 is 2.17 bits per heavy atom. The molecule has 150 valence electrons. The molecule has 3 heterocycles. The van der Waals surface area contributed by atoms with Crippen LogP contribution < -0.4 is 15.4 Å². The summed E-state index contributed by atoms with van der Waals surface area (Å²) in [5, 5.41) is 13.0. The van der Waals surface area contributed by atoms with E-state index >= 15 is 0 Å². The van der Waals surface area contributed by atoms with Crippen molar-refractivity contribution in [3.63, 3.8) is 0 Å². The monoisotopic (exact) mass is 415 g/mol. The third kappa shape index (κ3) is 3.63. The Morgan fingerprint density at radius 3 is 2.90 bits per heavy atom. The fourth-order valence-electron chi connectivity index (χ4n) is 2.83. The Bertz CT molecular complexity index is 1190. The molecule has 1 amide bonds. The molecule has 4 aromatic rings. The Morgan fingerprint density at radius 1 is 1.31 bits per heavy atom. The van der Waals surface area contributed by atoms with Crippen molar-refractivity contribution in [2.75, 3.05) is 18.1 Å². The molecule has 1 aromatic carbocycles. The van der Waals surface area contributed by atoms with E-state index in [-0.39, 0.29) is 24.1 Å². The van der Waals surface area contributed by atoms with Crippen LogP contribution in [0.1, 0.15) is 13.8 Å². The van der Waals surface area contributed by atoms with Crippen molar-refractivity contribution in [2.45, 2.75) is 20.4 Å². The van der Waals surface area contributed by atoms with Crippen LogP contribution in [0.4, 0.5) is 5.13 Å². The topological polar surface area (TPSA) is 116 Å². The number of furan rings is 1. The molecule has 0 bridgehead atoms. The van der Waals surface area contributed by atoms with Gasteiger partial charge in [-0.2, -0.15) is 4.68 Å². The summed E-state index contributed by atoms with van der Waals surface area (Å²) in [6.07, 6.45) is 0. The van der Waals surface area contributed by atoms with E-state index in [0.717, 1.165) is 10.1 Å². The van der Waals surface area contributed by atoms with Gasteiger partial charge >= 0.3 is 5.76 Å². The van der Waals surface area contributed by atoms with Crippen LogP contribution in [0, 0.1) is 0 Å². The summed E-state index contributed by atoms with van der Waals surface area (Å²) in [4.78, 5) is 26.2. The number of likely N-dealkylation sites (N-methyl/N-ethyl adjacent to an activating group) is 1. The standard InChI is InChI=1S/C18H17N5O5S/c1-3-22(17-20-19-10-29-17)14(24)9-23-18(25)28-16(21-23)13-8-11-6-5-7-12(26-4-2)15(11)27-13/h5-8,10H,3-4,9H2,1-2H3. The van der Waals surface area contributed by atoms with Crippen LogP contribution >= 0.6 is 11.3 Å². The summed E-state index contributed by atoms with van der Waals surface area (Å²) < 4.78 is 17.5. The quantitative estimate of drug-likeness (QED) is 0.452. The maximum absolute atomic E-state index is 12.6. The van der Waals surface area contributed by atoms with Crippen molar-refractivity contribution in [1.82, 2.24) is 20.0 Å². The molecule has 0 N–H and O–H groups in total. The lowest BCUT2D eigenvalue weighted by atomic mass is 10.2. The third-order valence-electron chi connectivity index (χ3n) is 4.11. The molecule has 11 heteroatoms. The Labute approximate surface area is 168 Å². The van der Waals surface area contributed by atoms with Crippen molar-refractivity contribution >= 4 is 33.3 Å². The summed E-state index contributed by atoms with van der Waals surface area (Å²) >= 11 is 1.23. The van der Waals surface area contributed by atoms with Crippen molar-refractivity contribution in [1.29, 1.82) is 0 Å². The van der Waals surface area contributed by atoms with Crippen molar-refractivity contribution < 1.29 is 18.4 Å². The van der Waals surface area contributed by atoms with Gasteiger partial charge in [0.2, 0.25) is 5.13 Å². The summed E-state index contributed by atoms with van der Waals surface area (Å²) in [5.74, 6) is -0.266. The summed E-state index contributed by atoms with van der Waals surface area (Å²) in [7, 11) is 0. The van der Waals surface area contributed by atoms with Gasteiger partial charge in [-0.15, -0.1) is 15.3 Å². The molecule has 0 atom stereocenters. The van der Waals surface area contributed by atoms with Crippen LogP contribution in [0.25, 0.3) is 22.6 Å². The number of anilines is 1.